The third-order valence-electron chi connectivity index (χ3n) is 3.81. The van der Waals surface area contributed by atoms with Crippen molar-refractivity contribution < 1.29 is 4.79 Å². The Bertz CT molecular complexity index is 269. The van der Waals surface area contributed by atoms with Crippen LogP contribution >= 0.6 is 11.8 Å². The van der Waals surface area contributed by atoms with Crippen LogP contribution in [0, 0.1) is 5.92 Å². The van der Waals surface area contributed by atoms with E-state index in [-0.39, 0.29) is 11.9 Å². The van der Waals surface area contributed by atoms with E-state index in [0.29, 0.717) is 5.92 Å². The smallest absolute Gasteiger partial charge is 0.237 e. The third kappa shape index (κ3) is 4.44. The van der Waals surface area contributed by atoms with Gasteiger partial charge >= 0.3 is 0 Å². The summed E-state index contributed by atoms with van der Waals surface area (Å²) in [4.78, 5) is 14.4. The van der Waals surface area contributed by atoms with Crippen molar-refractivity contribution in [3.8, 4) is 0 Å². The number of nitrogens with zero attached hydrogens (tertiary/aromatic N) is 1. The summed E-state index contributed by atoms with van der Waals surface area (Å²) in [6.45, 7) is 7.32. The maximum absolute atomic E-state index is 12.0. The maximum atomic E-state index is 12.0. The lowest BCUT2D eigenvalue weighted by atomic mass is 9.94. The van der Waals surface area contributed by atoms with Gasteiger partial charge < -0.3 is 10.6 Å². The molecule has 0 spiro atoms. The first-order valence-electron chi connectivity index (χ1n) is 7.07. The molecule has 0 aromatic carbocycles. The van der Waals surface area contributed by atoms with E-state index >= 15 is 0 Å². The van der Waals surface area contributed by atoms with Crippen LogP contribution in [0.25, 0.3) is 0 Å². The van der Waals surface area contributed by atoms with E-state index in [1.807, 2.05) is 11.8 Å². The second kappa shape index (κ2) is 7.36. The third-order valence-corrected chi connectivity index (χ3v) is 4.76. The standard InChI is InChI=1S/C13H25N3OS/c1-11-2-3-14-12(10-11)13(17)15-4-5-16-6-8-18-9-7-16/h11-12,14H,2-10H2,1H3,(H,15,17). The highest BCUT2D eigenvalue weighted by atomic mass is 32.2. The van der Waals surface area contributed by atoms with Gasteiger partial charge in [0.25, 0.3) is 0 Å². The molecule has 5 heteroatoms. The van der Waals surface area contributed by atoms with Crippen molar-refractivity contribution >= 4 is 17.7 Å². The summed E-state index contributed by atoms with van der Waals surface area (Å²) in [5.41, 5.74) is 0. The molecular formula is C13H25N3OS. The van der Waals surface area contributed by atoms with Gasteiger partial charge in [0.1, 0.15) is 0 Å². The molecule has 2 rings (SSSR count). The van der Waals surface area contributed by atoms with Crippen LogP contribution in [0.3, 0.4) is 0 Å². The highest BCUT2D eigenvalue weighted by Gasteiger charge is 2.24. The molecule has 4 nitrogen and oxygen atoms in total. The predicted octanol–water partition coefficient (Wildman–Crippen LogP) is 0.540. The highest BCUT2D eigenvalue weighted by molar-refractivity contribution is 7.99. The number of amides is 1. The number of thioether (sulfide) groups is 1. The second-order valence-electron chi connectivity index (χ2n) is 5.38. The van der Waals surface area contributed by atoms with Gasteiger partial charge in [-0.3, -0.25) is 9.69 Å². The Morgan fingerprint density at radius 3 is 2.94 bits per heavy atom. The van der Waals surface area contributed by atoms with Gasteiger partial charge in [0.2, 0.25) is 5.91 Å². The molecule has 0 saturated carbocycles. The van der Waals surface area contributed by atoms with E-state index in [4.69, 9.17) is 0 Å². The molecule has 0 aromatic rings. The van der Waals surface area contributed by atoms with E-state index in [0.717, 1.165) is 26.1 Å². The van der Waals surface area contributed by atoms with Gasteiger partial charge in [-0.1, -0.05) is 6.92 Å². The highest BCUT2D eigenvalue weighted by Crippen LogP contribution is 2.14. The first-order valence-corrected chi connectivity index (χ1v) is 8.22. The van der Waals surface area contributed by atoms with Crippen LogP contribution in [0.15, 0.2) is 0 Å². The van der Waals surface area contributed by atoms with Crippen molar-refractivity contribution in [3.63, 3.8) is 0 Å². The molecule has 2 atom stereocenters. The first-order chi connectivity index (χ1) is 8.75. The number of nitrogens with one attached hydrogen (secondary N) is 2. The Labute approximate surface area is 114 Å². The zero-order valence-electron chi connectivity index (χ0n) is 11.3. The van der Waals surface area contributed by atoms with Gasteiger partial charge in [0.15, 0.2) is 0 Å². The molecule has 104 valence electrons. The molecule has 2 heterocycles. The Balaban J connectivity index is 1.61. The molecule has 2 fully saturated rings. The Morgan fingerprint density at radius 1 is 1.44 bits per heavy atom. The molecular weight excluding hydrogens is 246 g/mol. The molecule has 2 aliphatic rings. The summed E-state index contributed by atoms with van der Waals surface area (Å²) in [6, 6.07) is 0.0330. The topological polar surface area (TPSA) is 44.4 Å². The van der Waals surface area contributed by atoms with Gasteiger partial charge in [-0.15, -0.1) is 0 Å². The van der Waals surface area contributed by atoms with Gasteiger partial charge in [-0.25, -0.2) is 0 Å². The summed E-state index contributed by atoms with van der Waals surface area (Å²) in [6.07, 6.45) is 2.17. The van der Waals surface area contributed by atoms with Crippen molar-refractivity contribution in [1.82, 2.24) is 15.5 Å². The van der Waals surface area contributed by atoms with Gasteiger partial charge in [-0.05, 0) is 25.3 Å². The Hall–Kier alpha value is -0.260. The zero-order chi connectivity index (χ0) is 12.8. The van der Waals surface area contributed by atoms with Crippen LogP contribution in [0.4, 0.5) is 0 Å². The number of hydrogen-bond acceptors (Lipinski definition) is 4. The molecule has 0 aliphatic carbocycles. The monoisotopic (exact) mass is 271 g/mol. The van der Waals surface area contributed by atoms with E-state index in [1.165, 1.54) is 31.0 Å². The lowest BCUT2D eigenvalue weighted by Gasteiger charge is -2.28. The summed E-state index contributed by atoms with van der Waals surface area (Å²) < 4.78 is 0. The summed E-state index contributed by atoms with van der Waals surface area (Å²) in [5, 5.41) is 6.38. The van der Waals surface area contributed by atoms with Crippen LogP contribution in [0.1, 0.15) is 19.8 Å². The second-order valence-corrected chi connectivity index (χ2v) is 6.61. The summed E-state index contributed by atoms with van der Waals surface area (Å²) in [7, 11) is 0. The molecule has 2 unspecified atom stereocenters. The molecule has 0 bridgehead atoms. The predicted molar refractivity (Wildman–Crippen MR) is 77.0 cm³/mol. The van der Waals surface area contributed by atoms with E-state index in [2.05, 4.69) is 22.5 Å². The van der Waals surface area contributed by atoms with Crippen molar-refractivity contribution in [1.29, 1.82) is 0 Å². The fourth-order valence-electron chi connectivity index (χ4n) is 2.59. The lowest BCUT2D eigenvalue weighted by molar-refractivity contribution is -0.124. The fourth-order valence-corrected chi connectivity index (χ4v) is 3.57. The number of piperidine rings is 1. The molecule has 2 saturated heterocycles. The van der Waals surface area contributed by atoms with E-state index in [9.17, 15) is 4.79 Å². The van der Waals surface area contributed by atoms with E-state index in [1.54, 1.807) is 0 Å². The number of hydrogen-bond donors (Lipinski definition) is 2. The quantitative estimate of drug-likeness (QED) is 0.783. The van der Waals surface area contributed by atoms with Crippen LogP contribution < -0.4 is 10.6 Å². The molecule has 0 aromatic heterocycles. The molecule has 2 N–H and O–H groups in total. The fraction of sp³-hybridized carbons (Fsp3) is 0.923. The number of rotatable bonds is 4. The van der Waals surface area contributed by atoms with Gasteiger partial charge in [-0.2, -0.15) is 11.8 Å². The normalized spacial score (nSPS) is 30.1. The zero-order valence-corrected chi connectivity index (χ0v) is 12.1. The van der Waals surface area contributed by atoms with Gasteiger partial charge in [0, 0.05) is 37.7 Å². The minimum absolute atomic E-state index is 0.0330. The Kier molecular flexibility index (Phi) is 5.79. The Morgan fingerprint density at radius 2 is 2.22 bits per heavy atom. The van der Waals surface area contributed by atoms with Crippen molar-refractivity contribution in [2.24, 2.45) is 5.92 Å². The molecule has 0 radical (unpaired) electrons. The van der Waals surface area contributed by atoms with Crippen LogP contribution in [-0.2, 0) is 4.79 Å². The van der Waals surface area contributed by atoms with E-state index < -0.39 is 0 Å². The van der Waals surface area contributed by atoms with Crippen molar-refractivity contribution in [2.45, 2.75) is 25.8 Å². The van der Waals surface area contributed by atoms with Gasteiger partial charge in [0.05, 0.1) is 6.04 Å². The van der Waals surface area contributed by atoms with Crippen molar-refractivity contribution in [2.75, 3.05) is 44.2 Å². The van der Waals surface area contributed by atoms with Crippen LogP contribution in [0.2, 0.25) is 0 Å². The average molecular weight is 271 g/mol. The molecule has 2 aliphatic heterocycles. The van der Waals surface area contributed by atoms with Crippen LogP contribution in [0.5, 0.6) is 0 Å². The SMILES string of the molecule is CC1CCNC(C(=O)NCCN2CCSCC2)C1. The lowest BCUT2D eigenvalue weighted by Crippen LogP contribution is -2.50. The minimum atomic E-state index is 0.0330. The maximum Gasteiger partial charge on any atom is 0.237 e. The van der Waals surface area contributed by atoms with Crippen LogP contribution in [-0.4, -0.2) is 61.1 Å². The molecule has 18 heavy (non-hydrogen) atoms. The minimum Gasteiger partial charge on any atom is -0.353 e. The summed E-state index contributed by atoms with van der Waals surface area (Å²) in [5.74, 6) is 3.32. The largest absolute Gasteiger partial charge is 0.353 e. The van der Waals surface area contributed by atoms with Crippen molar-refractivity contribution in [3.05, 3.63) is 0 Å². The number of carbonyl (C=O) groups is 1. The molecule has 1 amide bonds. The first kappa shape index (κ1) is 14.2. The average Bonchev–Trinajstić information content (AvgIpc) is 2.40. The summed E-state index contributed by atoms with van der Waals surface area (Å²) >= 11 is 2.02. The number of carbonyl (C=O) groups excluding carboxylic acids is 1.